The van der Waals surface area contributed by atoms with Crippen molar-refractivity contribution in [2.24, 2.45) is 5.11 Å². The molecule has 114 valence electrons. The summed E-state index contributed by atoms with van der Waals surface area (Å²) in [5.41, 5.74) is 11.6. The first kappa shape index (κ1) is 14.5. The summed E-state index contributed by atoms with van der Waals surface area (Å²) in [5.74, 6) is 0.816. The SMILES string of the molecule is Cc1c(Br)cc2nc3n(c2c1Br)[C@H]1OC[C@H](N=[N+]=[N-])[C@H]1OC3. The molecule has 0 saturated carbocycles. The van der Waals surface area contributed by atoms with Gasteiger partial charge in [-0.15, -0.1) is 0 Å². The van der Waals surface area contributed by atoms with Gasteiger partial charge in [0.25, 0.3) is 0 Å². The molecule has 0 bridgehead atoms. The topological polar surface area (TPSA) is 85.0 Å². The second-order valence-corrected chi connectivity index (χ2v) is 6.98. The third-order valence-electron chi connectivity index (χ3n) is 4.13. The second-order valence-electron chi connectivity index (χ2n) is 5.33. The van der Waals surface area contributed by atoms with E-state index in [2.05, 4.69) is 51.4 Å². The summed E-state index contributed by atoms with van der Waals surface area (Å²) in [6, 6.07) is 1.69. The first-order valence-corrected chi connectivity index (χ1v) is 8.33. The van der Waals surface area contributed by atoms with Crippen molar-refractivity contribution in [2.75, 3.05) is 6.61 Å². The number of imidazole rings is 1. The Bertz CT molecular complexity index is 830. The van der Waals surface area contributed by atoms with Crippen LogP contribution in [0.25, 0.3) is 21.5 Å². The summed E-state index contributed by atoms with van der Waals surface area (Å²) in [6.45, 7) is 2.76. The summed E-state index contributed by atoms with van der Waals surface area (Å²) in [6.07, 6.45) is -0.599. The van der Waals surface area contributed by atoms with E-state index in [1.54, 1.807) is 0 Å². The molecule has 22 heavy (non-hydrogen) atoms. The van der Waals surface area contributed by atoms with Crippen LogP contribution in [0.2, 0.25) is 0 Å². The first-order valence-electron chi connectivity index (χ1n) is 6.74. The molecule has 0 radical (unpaired) electrons. The van der Waals surface area contributed by atoms with E-state index in [9.17, 15) is 0 Å². The quantitative estimate of drug-likeness (QED) is 0.391. The number of fused-ring (bicyclic) bond motifs is 5. The predicted octanol–water partition coefficient (Wildman–Crippen LogP) is 3.98. The molecule has 0 spiro atoms. The zero-order valence-electron chi connectivity index (χ0n) is 11.5. The molecule has 2 aliphatic heterocycles. The Morgan fingerprint density at radius 3 is 3.05 bits per heavy atom. The van der Waals surface area contributed by atoms with Crippen LogP contribution in [0.4, 0.5) is 0 Å². The van der Waals surface area contributed by atoms with Crippen molar-refractivity contribution in [3.8, 4) is 0 Å². The number of azide groups is 1. The van der Waals surface area contributed by atoms with Crippen molar-refractivity contribution >= 4 is 42.9 Å². The van der Waals surface area contributed by atoms with Gasteiger partial charge >= 0.3 is 0 Å². The molecule has 7 nitrogen and oxygen atoms in total. The number of aromatic nitrogens is 2. The minimum Gasteiger partial charge on any atom is -0.365 e. The van der Waals surface area contributed by atoms with Crippen molar-refractivity contribution in [3.63, 3.8) is 0 Å². The standard InChI is InChI=1S/C13H11Br2N5O2/c1-5-6(14)2-7-11(10(5)15)20-9(17-7)4-21-12-8(18-19-16)3-22-13(12)20/h2,8,12-13H,3-4H2,1H3/t8-,12+,13-/m0/s1. The van der Waals surface area contributed by atoms with E-state index in [-0.39, 0.29) is 18.4 Å². The van der Waals surface area contributed by atoms with E-state index in [4.69, 9.17) is 15.0 Å². The van der Waals surface area contributed by atoms with Gasteiger partial charge in [-0.05, 0) is 40.0 Å². The zero-order valence-corrected chi connectivity index (χ0v) is 14.7. The Morgan fingerprint density at radius 2 is 2.27 bits per heavy atom. The monoisotopic (exact) mass is 427 g/mol. The van der Waals surface area contributed by atoms with Crippen molar-refractivity contribution in [3.05, 3.63) is 36.8 Å². The summed E-state index contributed by atoms with van der Waals surface area (Å²) in [4.78, 5) is 7.52. The summed E-state index contributed by atoms with van der Waals surface area (Å²) in [7, 11) is 0. The van der Waals surface area contributed by atoms with Gasteiger partial charge in [0.05, 0.1) is 23.7 Å². The Morgan fingerprint density at radius 1 is 1.45 bits per heavy atom. The van der Waals surface area contributed by atoms with Crippen molar-refractivity contribution in [1.29, 1.82) is 0 Å². The highest BCUT2D eigenvalue weighted by molar-refractivity contribution is 9.11. The van der Waals surface area contributed by atoms with Gasteiger partial charge in [-0.3, -0.25) is 4.57 Å². The van der Waals surface area contributed by atoms with E-state index in [0.717, 1.165) is 31.4 Å². The number of hydrogen-bond donors (Lipinski definition) is 0. The van der Waals surface area contributed by atoms with Crippen molar-refractivity contribution in [2.45, 2.75) is 31.9 Å². The highest BCUT2D eigenvalue weighted by atomic mass is 79.9. The minimum absolute atomic E-state index is 0.281. The molecule has 0 amide bonds. The summed E-state index contributed by atoms with van der Waals surface area (Å²) < 4.78 is 15.7. The fraction of sp³-hybridized carbons (Fsp3) is 0.462. The van der Waals surface area contributed by atoms with Crippen LogP contribution in [0.1, 0.15) is 17.6 Å². The molecule has 1 fully saturated rings. The molecule has 1 aromatic carbocycles. The van der Waals surface area contributed by atoms with E-state index >= 15 is 0 Å². The Hall–Kier alpha value is -1.12. The molecule has 2 aliphatic rings. The maximum atomic E-state index is 8.67. The molecule has 2 aromatic rings. The fourth-order valence-corrected chi connectivity index (χ4v) is 4.32. The van der Waals surface area contributed by atoms with Gasteiger partial charge in [-0.2, -0.15) is 0 Å². The Kier molecular flexibility index (Phi) is 3.43. The molecule has 4 rings (SSSR count). The number of nitrogens with zero attached hydrogens (tertiary/aromatic N) is 5. The second kappa shape index (κ2) is 5.21. The molecular formula is C13H11Br2N5O2. The predicted molar refractivity (Wildman–Crippen MR) is 86.4 cm³/mol. The maximum Gasteiger partial charge on any atom is 0.162 e. The number of hydrogen-bond acceptors (Lipinski definition) is 4. The number of halogens is 2. The van der Waals surface area contributed by atoms with Gasteiger partial charge in [0.1, 0.15) is 18.5 Å². The average Bonchev–Trinajstić information content (AvgIpc) is 3.06. The van der Waals surface area contributed by atoms with Crippen LogP contribution in [0, 0.1) is 6.92 Å². The maximum absolute atomic E-state index is 8.67. The summed E-state index contributed by atoms with van der Waals surface area (Å²) >= 11 is 7.21. The van der Waals surface area contributed by atoms with Gasteiger partial charge < -0.3 is 9.47 Å². The molecule has 1 saturated heterocycles. The molecule has 9 heteroatoms. The van der Waals surface area contributed by atoms with Gasteiger partial charge in [-0.25, -0.2) is 4.98 Å². The highest BCUT2D eigenvalue weighted by Gasteiger charge is 2.43. The largest absolute Gasteiger partial charge is 0.365 e. The molecule has 3 heterocycles. The number of benzene rings is 1. The Balaban J connectivity index is 1.92. The first-order chi connectivity index (χ1) is 10.6. The van der Waals surface area contributed by atoms with E-state index in [1.807, 2.05) is 13.0 Å². The van der Waals surface area contributed by atoms with E-state index in [0.29, 0.717) is 13.2 Å². The van der Waals surface area contributed by atoms with Gasteiger partial charge in [0, 0.05) is 13.9 Å². The molecule has 1 aromatic heterocycles. The van der Waals surface area contributed by atoms with Crippen LogP contribution < -0.4 is 0 Å². The lowest BCUT2D eigenvalue weighted by Gasteiger charge is -2.29. The lowest BCUT2D eigenvalue weighted by atomic mass is 10.1. The fourth-order valence-electron chi connectivity index (χ4n) is 3.03. The zero-order chi connectivity index (χ0) is 15.4. The van der Waals surface area contributed by atoms with Crippen molar-refractivity contribution < 1.29 is 9.47 Å². The van der Waals surface area contributed by atoms with Crippen LogP contribution in [0.15, 0.2) is 20.1 Å². The average molecular weight is 429 g/mol. The third kappa shape index (κ3) is 1.93. The van der Waals surface area contributed by atoms with Crippen molar-refractivity contribution in [1.82, 2.24) is 9.55 Å². The Labute approximate surface area is 142 Å². The third-order valence-corrected chi connectivity index (χ3v) is 5.92. The number of rotatable bonds is 1. The van der Waals surface area contributed by atoms with Crippen LogP contribution in [0.5, 0.6) is 0 Å². The van der Waals surface area contributed by atoms with E-state index < -0.39 is 0 Å². The molecule has 0 unspecified atom stereocenters. The summed E-state index contributed by atoms with van der Waals surface area (Å²) in [5, 5.41) is 3.78. The molecule has 3 atom stereocenters. The minimum atomic E-state index is -0.318. The molecule has 0 aliphatic carbocycles. The normalized spacial score (nSPS) is 26.6. The van der Waals surface area contributed by atoms with Gasteiger partial charge in [0.15, 0.2) is 6.23 Å². The molecular weight excluding hydrogens is 418 g/mol. The van der Waals surface area contributed by atoms with Gasteiger partial charge in [-0.1, -0.05) is 21.0 Å². The highest BCUT2D eigenvalue weighted by Crippen LogP contribution is 2.41. The smallest absolute Gasteiger partial charge is 0.162 e. The van der Waals surface area contributed by atoms with Crippen LogP contribution >= 0.6 is 31.9 Å². The lowest BCUT2D eigenvalue weighted by molar-refractivity contribution is -0.0819. The van der Waals surface area contributed by atoms with Gasteiger partial charge in [0.2, 0.25) is 0 Å². The van der Waals surface area contributed by atoms with Crippen LogP contribution in [-0.2, 0) is 16.1 Å². The van der Waals surface area contributed by atoms with E-state index in [1.165, 1.54) is 0 Å². The van der Waals surface area contributed by atoms with Crippen LogP contribution in [-0.4, -0.2) is 28.3 Å². The van der Waals surface area contributed by atoms with Crippen LogP contribution in [0.3, 0.4) is 0 Å². The lowest BCUT2D eigenvalue weighted by Crippen LogP contribution is -2.35. The number of ether oxygens (including phenoxy) is 2. The molecule has 0 N–H and O–H groups in total.